The van der Waals surface area contributed by atoms with E-state index in [1.165, 1.54) is 6.08 Å². The molecule has 0 heterocycles. The number of allylic oxidation sites excluding steroid dienone is 1. The lowest BCUT2D eigenvalue weighted by Crippen LogP contribution is -1.97. The molecule has 0 unspecified atom stereocenters. The van der Waals surface area contributed by atoms with Gasteiger partial charge in [0.05, 0.1) is 6.61 Å². The molecule has 20 heavy (non-hydrogen) atoms. The molecule has 102 valence electrons. The van der Waals surface area contributed by atoms with Crippen LogP contribution in [0, 0.1) is 0 Å². The predicted molar refractivity (Wildman–Crippen MR) is 81.1 cm³/mol. The van der Waals surface area contributed by atoms with Gasteiger partial charge in [-0.25, -0.2) is 0 Å². The maximum absolute atomic E-state index is 11.9. The molecule has 2 rings (SSSR count). The second-order valence-electron chi connectivity index (χ2n) is 4.17. The Kier molecular flexibility index (Phi) is 4.95. The van der Waals surface area contributed by atoms with Crippen molar-refractivity contribution in [1.82, 2.24) is 0 Å². The average molecular weight is 267 g/mol. The topological polar surface area (TPSA) is 38.3 Å². The molecule has 0 radical (unpaired) electrons. The van der Waals surface area contributed by atoms with Gasteiger partial charge in [-0.05, 0) is 43.3 Å². The molecular weight excluding hydrogens is 250 g/mol. The monoisotopic (exact) mass is 267 g/mol. The Morgan fingerprint density at radius 1 is 1.10 bits per heavy atom. The highest BCUT2D eigenvalue weighted by Gasteiger charge is 2.01. The van der Waals surface area contributed by atoms with Crippen molar-refractivity contribution >= 4 is 11.5 Å². The average Bonchev–Trinajstić information content (AvgIpc) is 2.49. The van der Waals surface area contributed by atoms with Gasteiger partial charge in [0.2, 0.25) is 0 Å². The molecule has 0 amide bonds. The maximum atomic E-state index is 11.9. The van der Waals surface area contributed by atoms with Crippen LogP contribution in [0.5, 0.6) is 5.75 Å². The van der Waals surface area contributed by atoms with Gasteiger partial charge in [0.1, 0.15) is 5.75 Å². The zero-order chi connectivity index (χ0) is 14.2. The summed E-state index contributed by atoms with van der Waals surface area (Å²) < 4.78 is 5.34. The predicted octanol–water partition coefficient (Wildman–Crippen LogP) is 3.89. The van der Waals surface area contributed by atoms with Crippen molar-refractivity contribution in [2.75, 3.05) is 11.9 Å². The number of carbonyl (C=O) groups excluding carboxylic acids is 1. The zero-order valence-electron chi connectivity index (χ0n) is 11.4. The minimum Gasteiger partial charge on any atom is -0.494 e. The molecule has 0 aromatic heterocycles. The molecule has 0 fully saturated rings. The number of rotatable bonds is 6. The van der Waals surface area contributed by atoms with Gasteiger partial charge in [-0.1, -0.05) is 18.2 Å². The number of hydrogen-bond donors (Lipinski definition) is 1. The SMILES string of the molecule is CCOc1ccc(C(=O)C=CNc2ccccc2)cc1. The third-order valence-electron chi connectivity index (χ3n) is 2.71. The summed E-state index contributed by atoms with van der Waals surface area (Å²) in [5, 5.41) is 3.05. The Hall–Kier alpha value is -2.55. The van der Waals surface area contributed by atoms with Gasteiger partial charge in [-0.3, -0.25) is 4.79 Å². The van der Waals surface area contributed by atoms with Crippen molar-refractivity contribution in [2.24, 2.45) is 0 Å². The Morgan fingerprint density at radius 3 is 2.45 bits per heavy atom. The van der Waals surface area contributed by atoms with E-state index in [9.17, 15) is 4.79 Å². The van der Waals surface area contributed by atoms with Gasteiger partial charge in [-0.2, -0.15) is 0 Å². The third kappa shape index (κ3) is 3.99. The van der Waals surface area contributed by atoms with Crippen molar-refractivity contribution < 1.29 is 9.53 Å². The molecular formula is C17H17NO2. The minimum atomic E-state index is -0.0449. The lowest BCUT2D eigenvalue weighted by molar-refractivity contribution is 0.104. The molecule has 0 aliphatic rings. The van der Waals surface area contributed by atoms with E-state index < -0.39 is 0 Å². The summed E-state index contributed by atoms with van der Waals surface area (Å²) in [4.78, 5) is 11.9. The molecule has 0 saturated carbocycles. The Labute approximate surface area is 118 Å². The zero-order valence-corrected chi connectivity index (χ0v) is 11.4. The third-order valence-corrected chi connectivity index (χ3v) is 2.71. The van der Waals surface area contributed by atoms with Crippen LogP contribution in [-0.2, 0) is 0 Å². The molecule has 2 aromatic carbocycles. The lowest BCUT2D eigenvalue weighted by atomic mass is 10.1. The van der Waals surface area contributed by atoms with Gasteiger partial charge in [-0.15, -0.1) is 0 Å². The van der Waals surface area contributed by atoms with E-state index in [0.717, 1.165) is 11.4 Å². The smallest absolute Gasteiger partial charge is 0.187 e. The summed E-state index contributed by atoms with van der Waals surface area (Å²) >= 11 is 0. The van der Waals surface area contributed by atoms with E-state index in [4.69, 9.17) is 4.74 Å². The summed E-state index contributed by atoms with van der Waals surface area (Å²) in [5.74, 6) is 0.729. The highest BCUT2D eigenvalue weighted by Crippen LogP contribution is 2.13. The number of nitrogens with one attached hydrogen (secondary N) is 1. The normalized spacial score (nSPS) is 10.4. The number of carbonyl (C=O) groups is 1. The van der Waals surface area contributed by atoms with E-state index >= 15 is 0 Å². The van der Waals surface area contributed by atoms with Crippen molar-refractivity contribution in [3.05, 3.63) is 72.4 Å². The summed E-state index contributed by atoms with van der Waals surface area (Å²) in [5.41, 5.74) is 1.59. The molecule has 3 nitrogen and oxygen atoms in total. The summed E-state index contributed by atoms with van der Waals surface area (Å²) in [6, 6.07) is 16.8. The van der Waals surface area contributed by atoms with Crippen LogP contribution in [0.1, 0.15) is 17.3 Å². The second-order valence-corrected chi connectivity index (χ2v) is 4.17. The van der Waals surface area contributed by atoms with Gasteiger partial charge in [0, 0.05) is 23.5 Å². The number of para-hydroxylation sites is 1. The molecule has 2 aromatic rings. The molecule has 0 saturated heterocycles. The molecule has 1 N–H and O–H groups in total. The lowest BCUT2D eigenvalue weighted by Gasteiger charge is -2.03. The maximum Gasteiger partial charge on any atom is 0.187 e. The number of ether oxygens (including phenoxy) is 1. The summed E-state index contributed by atoms with van der Waals surface area (Å²) in [6.45, 7) is 2.55. The Morgan fingerprint density at radius 2 is 1.80 bits per heavy atom. The van der Waals surface area contributed by atoms with E-state index in [-0.39, 0.29) is 5.78 Å². The van der Waals surface area contributed by atoms with Gasteiger partial charge in [0.15, 0.2) is 5.78 Å². The Bertz CT molecular complexity index is 574. The highest BCUT2D eigenvalue weighted by atomic mass is 16.5. The van der Waals surface area contributed by atoms with E-state index in [1.54, 1.807) is 30.5 Å². The van der Waals surface area contributed by atoms with Crippen molar-refractivity contribution in [3.63, 3.8) is 0 Å². The van der Waals surface area contributed by atoms with Gasteiger partial charge < -0.3 is 10.1 Å². The number of ketones is 1. The van der Waals surface area contributed by atoms with Crippen molar-refractivity contribution in [3.8, 4) is 5.75 Å². The fourth-order valence-corrected chi connectivity index (χ4v) is 1.73. The van der Waals surface area contributed by atoms with Crippen LogP contribution in [-0.4, -0.2) is 12.4 Å². The number of benzene rings is 2. The molecule has 0 aliphatic heterocycles. The largest absolute Gasteiger partial charge is 0.494 e. The van der Waals surface area contributed by atoms with E-state index in [0.29, 0.717) is 12.2 Å². The fraction of sp³-hybridized carbons (Fsp3) is 0.118. The van der Waals surface area contributed by atoms with Crippen LogP contribution in [0.4, 0.5) is 5.69 Å². The van der Waals surface area contributed by atoms with Crippen LogP contribution in [0.3, 0.4) is 0 Å². The molecule has 3 heteroatoms. The summed E-state index contributed by atoms with van der Waals surface area (Å²) in [7, 11) is 0. The number of anilines is 1. The number of hydrogen-bond acceptors (Lipinski definition) is 3. The van der Waals surface area contributed by atoms with Crippen LogP contribution >= 0.6 is 0 Å². The minimum absolute atomic E-state index is 0.0449. The van der Waals surface area contributed by atoms with Crippen LogP contribution < -0.4 is 10.1 Å². The first-order valence-corrected chi connectivity index (χ1v) is 6.55. The molecule has 0 bridgehead atoms. The standard InChI is InChI=1S/C17H17NO2/c1-2-20-16-10-8-14(9-11-16)17(19)12-13-18-15-6-4-3-5-7-15/h3-13,18H,2H2,1H3. The highest BCUT2D eigenvalue weighted by molar-refractivity contribution is 6.04. The first-order chi connectivity index (χ1) is 9.79. The summed E-state index contributed by atoms with van der Waals surface area (Å²) in [6.07, 6.45) is 3.16. The van der Waals surface area contributed by atoms with Crippen molar-refractivity contribution in [1.29, 1.82) is 0 Å². The second kappa shape index (κ2) is 7.14. The van der Waals surface area contributed by atoms with E-state index in [1.807, 2.05) is 37.3 Å². The molecule has 0 spiro atoms. The quantitative estimate of drug-likeness (QED) is 0.637. The fourth-order valence-electron chi connectivity index (χ4n) is 1.73. The molecule has 0 atom stereocenters. The first-order valence-electron chi connectivity index (χ1n) is 6.55. The van der Waals surface area contributed by atoms with Crippen LogP contribution in [0.25, 0.3) is 0 Å². The van der Waals surface area contributed by atoms with Crippen LogP contribution in [0.15, 0.2) is 66.9 Å². The van der Waals surface area contributed by atoms with E-state index in [2.05, 4.69) is 5.32 Å². The van der Waals surface area contributed by atoms with Gasteiger partial charge in [0.25, 0.3) is 0 Å². The van der Waals surface area contributed by atoms with Crippen LogP contribution in [0.2, 0.25) is 0 Å². The first kappa shape index (κ1) is 13.9. The Balaban J connectivity index is 1.94. The van der Waals surface area contributed by atoms with Gasteiger partial charge >= 0.3 is 0 Å². The van der Waals surface area contributed by atoms with Crippen molar-refractivity contribution in [2.45, 2.75) is 6.92 Å². The molecule has 0 aliphatic carbocycles.